The van der Waals surface area contributed by atoms with Gasteiger partial charge in [0.15, 0.2) is 5.96 Å². The van der Waals surface area contributed by atoms with Crippen LogP contribution in [0.4, 0.5) is 11.4 Å². The SMILES string of the molecule is CNC(=N)NCCNC(=O)c1cc(NC(=O)c2cc(N)cn2C)cn1C.Cl.Cl. The Kier molecular flexibility index (Phi) is 9.97. The summed E-state index contributed by atoms with van der Waals surface area (Å²) in [5, 5.41) is 18.3. The van der Waals surface area contributed by atoms with Crippen molar-refractivity contribution < 1.29 is 9.59 Å². The summed E-state index contributed by atoms with van der Waals surface area (Å²) in [7, 11) is 5.09. The second-order valence-corrected chi connectivity index (χ2v) is 5.76. The van der Waals surface area contributed by atoms with Gasteiger partial charge >= 0.3 is 0 Å². The quantitative estimate of drug-likeness (QED) is 0.224. The predicted octanol–water partition coefficient (Wildman–Crippen LogP) is 0.515. The lowest BCUT2D eigenvalue weighted by Gasteiger charge is -2.08. The molecule has 0 saturated heterocycles. The van der Waals surface area contributed by atoms with E-state index in [1.54, 1.807) is 54.8 Å². The lowest BCUT2D eigenvalue weighted by Crippen LogP contribution is -2.39. The molecule has 7 N–H and O–H groups in total. The van der Waals surface area contributed by atoms with Gasteiger partial charge in [-0.3, -0.25) is 15.0 Å². The summed E-state index contributed by atoms with van der Waals surface area (Å²) in [4.78, 5) is 24.6. The Morgan fingerprint density at radius 2 is 1.57 bits per heavy atom. The van der Waals surface area contributed by atoms with Crippen molar-refractivity contribution in [1.29, 1.82) is 5.41 Å². The highest BCUT2D eigenvalue weighted by molar-refractivity contribution is 6.04. The maximum atomic E-state index is 12.3. The van der Waals surface area contributed by atoms with E-state index in [0.717, 1.165) is 0 Å². The highest BCUT2D eigenvalue weighted by Crippen LogP contribution is 2.16. The zero-order valence-electron chi connectivity index (χ0n) is 15.8. The number of amides is 2. The monoisotopic (exact) mass is 432 g/mol. The smallest absolute Gasteiger partial charge is 0.272 e. The van der Waals surface area contributed by atoms with Gasteiger partial charge in [0.1, 0.15) is 11.4 Å². The third-order valence-electron chi connectivity index (χ3n) is 3.72. The first-order chi connectivity index (χ1) is 12.3. The molecule has 0 spiro atoms. The van der Waals surface area contributed by atoms with Gasteiger partial charge in [0.25, 0.3) is 11.8 Å². The minimum atomic E-state index is -0.309. The normalized spacial score (nSPS) is 9.54. The van der Waals surface area contributed by atoms with E-state index in [2.05, 4.69) is 21.3 Å². The van der Waals surface area contributed by atoms with Crippen LogP contribution in [0, 0.1) is 5.41 Å². The van der Waals surface area contributed by atoms with E-state index >= 15 is 0 Å². The summed E-state index contributed by atoms with van der Waals surface area (Å²) in [5.41, 5.74) is 7.54. The molecule has 2 aromatic rings. The van der Waals surface area contributed by atoms with Crippen LogP contribution in [-0.4, -0.2) is 47.0 Å². The maximum Gasteiger partial charge on any atom is 0.272 e. The summed E-state index contributed by atoms with van der Waals surface area (Å²) >= 11 is 0. The van der Waals surface area contributed by atoms with E-state index in [1.165, 1.54) is 0 Å². The average Bonchev–Trinajstić information content (AvgIpc) is 3.12. The number of nitrogen functional groups attached to an aromatic ring is 1. The number of nitrogens with two attached hydrogens (primary N) is 1. The second-order valence-electron chi connectivity index (χ2n) is 5.76. The van der Waals surface area contributed by atoms with Crippen molar-refractivity contribution >= 4 is 54.0 Å². The summed E-state index contributed by atoms with van der Waals surface area (Å²) in [6.45, 7) is 0.784. The molecule has 0 bridgehead atoms. The number of aromatic nitrogens is 2. The van der Waals surface area contributed by atoms with E-state index in [0.29, 0.717) is 35.9 Å². The fraction of sp³-hybridized carbons (Fsp3) is 0.312. The van der Waals surface area contributed by atoms with Crippen molar-refractivity contribution in [2.24, 2.45) is 14.1 Å². The third-order valence-corrected chi connectivity index (χ3v) is 3.72. The van der Waals surface area contributed by atoms with Crippen molar-refractivity contribution in [3.05, 3.63) is 35.9 Å². The van der Waals surface area contributed by atoms with E-state index in [4.69, 9.17) is 11.1 Å². The van der Waals surface area contributed by atoms with Crippen LogP contribution >= 0.6 is 24.8 Å². The molecule has 2 rings (SSSR count). The lowest BCUT2D eigenvalue weighted by atomic mass is 10.3. The van der Waals surface area contributed by atoms with Gasteiger partial charge in [-0.2, -0.15) is 0 Å². The van der Waals surface area contributed by atoms with Crippen molar-refractivity contribution in [3.63, 3.8) is 0 Å². The molecule has 0 unspecified atom stereocenters. The first-order valence-corrected chi connectivity index (χ1v) is 7.99. The van der Waals surface area contributed by atoms with Crippen molar-refractivity contribution in [2.45, 2.75) is 0 Å². The lowest BCUT2D eigenvalue weighted by molar-refractivity contribution is 0.0945. The van der Waals surface area contributed by atoms with E-state index in [1.807, 2.05) is 0 Å². The summed E-state index contributed by atoms with van der Waals surface area (Å²) < 4.78 is 3.27. The van der Waals surface area contributed by atoms with Crippen LogP contribution in [0.3, 0.4) is 0 Å². The van der Waals surface area contributed by atoms with Gasteiger partial charge in [0.05, 0.1) is 11.4 Å². The summed E-state index contributed by atoms with van der Waals surface area (Å²) in [6.07, 6.45) is 3.31. The Bertz CT molecular complexity index is 831. The minimum absolute atomic E-state index is 0. The van der Waals surface area contributed by atoms with Crippen molar-refractivity contribution in [2.75, 3.05) is 31.2 Å². The van der Waals surface area contributed by atoms with E-state index in [9.17, 15) is 9.59 Å². The molecule has 0 radical (unpaired) electrons. The summed E-state index contributed by atoms with van der Waals surface area (Å²) in [5.74, 6) is -0.394. The number of halogens is 2. The minimum Gasteiger partial charge on any atom is -0.397 e. The highest BCUT2D eigenvalue weighted by Gasteiger charge is 2.15. The molecule has 12 heteroatoms. The third kappa shape index (κ3) is 6.39. The number of carbonyl (C=O) groups is 2. The standard InChI is InChI=1S/C16H24N8O2.2ClH/c1-19-16(18)21-5-4-20-14(25)13-7-11(9-24(13)3)22-15(26)12-6-10(17)8-23(12)2;;/h6-9H,4-5,17H2,1-3H3,(H,20,25)(H,22,26)(H3,18,19,21);2*1H. The van der Waals surface area contributed by atoms with Gasteiger partial charge in [-0.05, 0) is 12.1 Å². The maximum absolute atomic E-state index is 12.3. The predicted molar refractivity (Wildman–Crippen MR) is 115 cm³/mol. The molecular weight excluding hydrogens is 407 g/mol. The topological polar surface area (TPSA) is 142 Å². The molecule has 2 aromatic heterocycles. The molecule has 156 valence electrons. The molecular formula is C16H26Cl2N8O2. The molecule has 0 aliphatic rings. The van der Waals surface area contributed by atoms with Gasteiger partial charge in [-0.15, -0.1) is 24.8 Å². The van der Waals surface area contributed by atoms with Crippen LogP contribution in [0.1, 0.15) is 21.0 Å². The molecule has 0 fully saturated rings. The molecule has 0 aliphatic heterocycles. The van der Waals surface area contributed by atoms with Crippen LogP contribution in [0.15, 0.2) is 24.5 Å². The molecule has 0 aliphatic carbocycles. The molecule has 0 atom stereocenters. The molecule has 2 heterocycles. The van der Waals surface area contributed by atoms with Gasteiger partial charge < -0.3 is 36.1 Å². The first-order valence-electron chi connectivity index (χ1n) is 7.99. The molecule has 28 heavy (non-hydrogen) atoms. The first kappa shape index (κ1) is 25.1. The number of nitrogens with zero attached hydrogens (tertiary/aromatic N) is 2. The number of hydrogen-bond donors (Lipinski definition) is 6. The second kappa shape index (κ2) is 11.1. The van der Waals surface area contributed by atoms with Gasteiger partial charge in [-0.25, -0.2) is 0 Å². The van der Waals surface area contributed by atoms with Crippen LogP contribution in [-0.2, 0) is 14.1 Å². The van der Waals surface area contributed by atoms with Crippen LogP contribution in [0.5, 0.6) is 0 Å². The van der Waals surface area contributed by atoms with E-state index < -0.39 is 0 Å². The van der Waals surface area contributed by atoms with Gasteiger partial charge in [0, 0.05) is 46.6 Å². The van der Waals surface area contributed by atoms with Crippen LogP contribution in [0.25, 0.3) is 0 Å². The van der Waals surface area contributed by atoms with Gasteiger partial charge in [0.2, 0.25) is 0 Å². The van der Waals surface area contributed by atoms with Crippen LogP contribution in [0.2, 0.25) is 0 Å². The Morgan fingerprint density at radius 1 is 1.00 bits per heavy atom. The number of nitrogens with one attached hydrogen (secondary N) is 5. The summed E-state index contributed by atoms with van der Waals surface area (Å²) in [6, 6.07) is 3.18. The Morgan fingerprint density at radius 3 is 2.14 bits per heavy atom. The number of rotatable bonds is 6. The Balaban J connectivity index is 0.00000364. The number of carbonyl (C=O) groups excluding carboxylic acids is 2. The number of aryl methyl sites for hydroxylation is 2. The Hall–Kier alpha value is -2.85. The zero-order chi connectivity index (χ0) is 19.3. The molecule has 10 nitrogen and oxygen atoms in total. The Labute approximate surface area is 175 Å². The number of hydrogen-bond acceptors (Lipinski definition) is 4. The highest BCUT2D eigenvalue weighted by atomic mass is 35.5. The average molecular weight is 433 g/mol. The number of guanidine groups is 1. The molecule has 0 aromatic carbocycles. The van der Waals surface area contributed by atoms with E-state index in [-0.39, 0.29) is 42.6 Å². The van der Waals surface area contributed by atoms with Crippen molar-refractivity contribution in [3.8, 4) is 0 Å². The number of anilines is 2. The van der Waals surface area contributed by atoms with Crippen LogP contribution < -0.4 is 27.0 Å². The zero-order valence-corrected chi connectivity index (χ0v) is 17.5. The molecule has 0 saturated carbocycles. The fourth-order valence-corrected chi connectivity index (χ4v) is 2.41. The van der Waals surface area contributed by atoms with Gasteiger partial charge in [-0.1, -0.05) is 0 Å². The van der Waals surface area contributed by atoms with Crippen molar-refractivity contribution in [1.82, 2.24) is 25.1 Å². The fourth-order valence-electron chi connectivity index (χ4n) is 2.41. The largest absolute Gasteiger partial charge is 0.397 e. The molecule has 2 amide bonds.